The molecule has 0 aliphatic carbocycles. The molecule has 1 aliphatic rings. The highest BCUT2D eigenvalue weighted by atomic mass is 32.1. The van der Waals surface area contributed by atoms with Crippen LogP contribution in [0.1, 0.15) is 39.7 Å². The molecule has 114 valence electrons. The Kier molecular flexibility index (Phi) is 3.94. The number of nitrogens with zero attached hydrogens (tertiary/aromatic N) is 2. The Labute approximate surface area is 132 Å². The van der Waals surface area contributed by atoms with Crippen molar-refractivity contribution in [2.24, 2.45) is 0 Å². The molecule has 2 heterocycles. The molecule has 1 aromatic carbocycles. The minimum Gasteiger partial charge on any atom is -0.331 e. The third kappa shape index (κ3) is 2.50. The number of amides is 1. The Morgan fingerprint density at radius 3 is 2.86 bits per heavy atom. The minimum atomic E-state index is -0.438. The molecule has 1 fully saturated rings. The van der Waals surface area contributed by atoms with Crippen molar-refractivity contribution < 1.29 is 9.72 Å². The second-order valence-corrected chi connectivity index (χ2v) is 6.36. The molecule has 1 aromatic heterocycles. The van der Waals surface area contributed by atoms with Gasteiger partial charge in [0.2, 0.25) is 0 Å². The maximum absolute atomic E-state index is 12.9. The molecule has 2 aromatic rings. The third-order valence-electron chi connectivity index (χ3n) is 4.12. The highest BCUT2D eigenvalue weighted by Crippen LogP contribution is 2.36. The molecule has 5 nitrogen and oxygen atoms in total. The smallest absolute Gasteiger partial charge is 0.273 e. The summed E-state index contributed by atoms with van der Waals surface area (Å²) in [4.78, 5) is 26.5. The Hall–Kier alpha value is -2.21. The van der Waals surface area contributed by atoms with Crippen molar-refractivity contribution in [3.63, 3.8) is 0 Å². The summed E-state index contributed by atoms with van der Waals surface area (Å²) in [5.74, 6) is -0.114. The molecule has 1 unspecified atom stereocenters. The lowest BCUT2D eigenvalue weighted by Crippen LogP contribution is -2.30. The fraction of sp³-hybridized carbons (Fsp3) is 0.312. The zero-order valence-corrected chi connectivity index (χ0v) is 13.0. The maximum Gasteiger partial charge on any atom is 0.273 e. The van der Waals surface area contributed by atoms with Crippen molar-refractivity contribution in [3.8, 4) is 0 Å². The summed E-state index contributed by atoms with van der Waals surface area (Å²) in [7, 11) is 0. The van der Waals surface area contributed by atoms with Crippen LogP contribution in [0.25, 0.3) is 0 Å². The second kappa shape index (κ2) is 5.88. The van der Waals surface area contributed by atoms with E-state index in [0.29, 0.717) is 17.7 Å². The van der Waals surface area contributed by atoms with Gasteiger partial charge in [0.05, 0.1) is 11.0 Å². The molecule has 1 amide bonds. The lowest BCUT2D eigenvalue weighted by atomic mass is 10.0. The molecule has 0 radical (unpaired) electrons. The summed E-state index contributed by atoms with van der Waals surface area (Å²) in [6.45, 7) is 2.34. The van der Waals surface area contributed by atoms with Gasteiger partial charge in [-0.1, -0.05) is 12.1 Å². The van der Waals surface area contributed by atoms with Crippen LogP contribution in [0.15, 0.2) is 35.7 Å². The largest absolute Gasteiger partial charge is 0.331 e. The number of thiophene rings is 1. The first-order valence-corrected chi connectivity index (χ1v) is 8.06. The van der Waals surface area contributed by atoms with E-state index in [2.05, 4.69) is 0 Å². The second-order valence-electron chi connectivity index (χ2n) is 5.38. The number of likely N-dealkylation sites (tertiary alicyclic amines) is 1. The highest BCUT2D eigenvalue weighted by molar-refractivity contribution is 7.10. The van der Waals surface area contributed by atoms with E-state index in [0.717, 1.165) is 12.8 Å². The number of hydrogen-bond acceptors (Lipinski definition) is 4. The Balaban J connectivity index is 1.94. The first kappa shape index (κ1) is 14.7. The molecule has 1 aliphatic heterocycles. The number of nitro groups is 1. The Morgan fingerprint density at radius 2 is 2.18 bits per heavy atom. The average Bonchev–Trinajstić information content (AvgIpc) is 3.17. The topological polar surface area (TPSA) is 63.5 Å². The number of nitro benzene ring substituents is 1. The highest BCUT2D eigenvalue weighted by Gasteiger charge is 2.32. The SMILES string of the molecule is Cc1c(C(=O)N2CCCC2c2cccs2)cccc1[N+](=O)[O-]. The molecule has 1 saturated heterocycles. The fourth-order valence-corrected chi connectivity index (χ4v) is 3.87. The van der Waals surface area contributed by atoms with Crippen LogP contribution in [-0.4, -0.2) is 22.3 Å². The van der Waals surface area contributed by atoms with Gasteiger partial charge in [0.1, 0.15) is 0 Å². The Bertz CT molecular complexity index is 712. The molecule has 0 saturated carbocycles. The van der Waals surface area contributed by atoms with Crippen LogP contribution < -0.4 is 0 Å². The van der Waals surface area contributed by atoms with Gasteiger partial charge < -0.3 is 4.90 Å². The van der Waals surface area contributed by atoms with E-state index in [1.165, 1.54) is 10.9 Å². The van der Waals surface area contributed by atoms with Crippen LogP contribution in [0.2, 0.25) is 0 Å². The van der Waals surface area contributed by atoms with Crippen molar-refractivity contribution in [1.82, 2.24) is 4.90 Å². The summed E-state index contributed by atoms with van der Waals surface area (Å²) in [6.07, 6.45) is 1.91. The van der Waals surface area contributed by atoms with Gasteiger partial charge in [-0.2, -0.15) is 0 Å². The first-order valence-electron chi connectivity index (χ1n) is 7.18. The van der Waals surface area contributed by atoms with E-state index in [1.54, 1.807) is 30.4 Å². The summed E-state index contributed by atoms with van der Waals surface area (Å²) in [5.41, 5.74) is 0.865. The summed E-state index contributed by atoms with van der Waals surface area (Å²) in [5, 5.41) is 13.1. The number of hydrogen-bond donors (Lipinski definition) is 0. The molecular weight excluding hydrogens is 300 g/mol. The van der Waals surface area contributed by atoms with Gasteiger partial charge in [-0.15, -0.1) is 11.3 Å². The quantitative estimate of drug-likeness (QED) is 0.636. The van der Waals surface area contributed by atoms with Gasteiger partial charge in [-0.05, 0) is 37.3 Å². The van der Waals surface area contributed by atoms with E-state index in [4.69, 9.17) is 0 Å². The van der Waals surface area contributed by atoms with E-state index < -0.39 is 4.92 Å². The van der Waals surface area contributed by atoms with Crippen molar-refractivity contribution in [2.45, 2.75) is 25.8 Å². The van der Waals surface area contributed by atoms with Gasteiger partial charge >= 0.3 is 0 Å². The van der Waals surface area contributed by atoms with Crippen LogP contribution in [0.5, 0.6) is 0 Å². The lowest BCUT2D eigenvalue weighted by Gasteiger charge is -2.24. The van der Waals surface area contributed by atoms with Crippen LogP contribution in [0.4, 0.5) is 5.69 Å². The third-order valence-corrected chi connectivity index (χ3v) is 5.09. The number of benzene rings is 1. The lowest BCUT2D eigenvalue weighted by molar-refractivity contribution is -0.385. The van der Waals surface area contributed by atoms with E-state index in [9.17, 15) is 14.9 Å². The normalized spacial score (nSPS) is 17.7. The van der Waals surface area contributed by atoms with Crippen molar-refractivity contribution in [3.05, 3.63) is 61.8 Å². The standard InChI is InChI=1S/C16H16N2O3S/c1-11-12(5-2-6-13(11)18(20)21)16(19)17-9-3-7-14(17)15-8-4-10-22-15/h2,4-6,8,10,14H,3,7,9H2,1H3. The maximum atomic E-state index is 12.9. The van der Waals surface area contributed by atoms with Crippen molar-refractivity contribution in [1.29, 1.82) is 0 Å². The number of carbonyl (C=O) groups excluding carboxylic acids is 1. The summed E-state index contributed by atoms with van der Waals surface area (Å²) in [6, 6.07) is 8.81. The van der Waals surface area contributed by atoms with Gasteiger partial charge in [0.15, 0.2) is 0 Å². The number of carbonyl (C=O) groups is 1. The monoisotopic (exact) mass is 316 g/mol. The summed E-state index contributed by atoms with van der Waals surface area (Å²) >= 11 is 1.65. The molecule has 1 atom stereocenters. The Morgan fingerprint density at radius 1 is 1.36 bits per heavy atom. The van der Waals surface area contributed by atoms with E-state index in [-0.39, 0.29) is 17.6 Å². The molecular formula is C16H16N2O3S. The number of rotatable bonds is 3. The van der Waals surface area contributed by atoms with Gasteiger partial charge in [0.25, 0.3) is 11.6 Å². The average molecular weight is 316 g/mol. The molecule has 0 bridgehead atoms. The predicted octanol–water partition coefficient (Wildman–Crippen LogP) is 3.94. The van der Waals surface area contributed by atoms with Crippen LogP contribution >= 0.6 is 11.3 Å². The van der Waals surface area contributed by atoms with E-state index in [1.807, 2.05) is 22.4 Å². The van der Waals surface area contributed by atoms with Crippen LogP contribution in [-0.2, 0) is 0 Å². The van der Waals surface area contributed by atoms with E-state index >= 15 is 0 Å². The molecule has 22 heavy (non-hydrogen) atoms. The predicted molar refractivity (Wildman–Crippen MR) is 85.2 cm³/mol. The van der Waals surface area contributed by atoms with Crippen LogP contribution in [0, 0.1) is 17.0 Å². The molecule has 6 heteroatoms. The van der Waals surface area contributed by atoms with Gasteiger partial charge in [0, 0.05) is 28.6 Å². The zero-order valence-electron chi connectivity index (χ0n) is 12.2. The van der Waals surface area contributed by atoms with Crippen molar-refractivity contribution in [2.75, 3.05) is 6.54 Å². The van der Waals surface area contributed by atoms with Crippen molar-refractivity contribution >= 4 is 22.9 Å². The van der Waals surface area contributed by atoms with Gasteiger partial charge in [-0.25, -0.2) is 0 Å². The molecule has 0 spiro atoms. The first-order chi connectivity index (χ1) is 10.6. The zero-order chi connectivity index (χ0) is 15.7. The molecule has 3 rings (SSSR count). The fourth-order valence-electron chi connectivity index (χ4n) is 2.99. The van der Waals surface area contributed by atoms with Crippen LogP contribution in [0.3, 0.4) is 0 Å². The molecule has 0 N–H and O–H groups in total. The summed E-state index contributed by atoms with van der Waals surface area (Å²) < 4.78 is 0. The van der Waals surface area contributed by atoms with Gasteiger partial charge in [-0.3, -0.25) is 14.9 Å². The minimum absolute atomic E-state index is 0.00211.